The molecule has 12 heavy (non-hydrogen) atoms. The number of aromatic nitrogens is 1. The summed E-state index contributed by atoms with van der Waals surface area (Å²) in [5.74, 6) is -0.538. The van der Waals surface area contributed by atoms with Gasteiger partial charge in [-0.3, -0.25) is 4.79 Å². The number of aromatic amines is 1. The summed E-state index contributed by atoms with van der Waals surface area (Å²) in [4.78, 5) is 13.0. The van der Waals surface area contributed by atoms with Gasteiger partial charge >= 0.3 is 0 Å². The predicted molar refractivity (Wildman–Crippen MR) is 40.6 cm³/mol. The lowest BCUT2D eigenvalue weighted by molar-refractivity contribution is 0.254. The van der Waals surface area contributed by atoms with Crippen LogP contribution in [-0.2, 0) is 13.2 Å². The highest BCUT2D eigenvalue weighted by Crippen LogP contribution is 2.14. The molecule has 0 unspecified atom stereocenters. The van der Waals surface area contributed by atoms with Gasteiger partial charge in [0.05, 0.1) is 13.2 Å². The zero-order valence-electron chi connectivity index (χ0n) is 6.24. The first-order chi connectivity index (χ1) is 5.70. The molecule has 0 aliphatic rings. The average molecular weight is 171 g/mol. The first-order valence-electron chi connectivity index (χ1n) is 3.34. The zero-order chi connectivity index (χ0) is 9.14. The topological polar surface area (TPSA) is 93.6 Å². The molecule has 0 fully saturated rings. The van der Waals surface area contributed by atoms with Crippen molar-refractivity contribution in [1.29, 1.82) is 0 Å². The first-order valence-corrected chi connectivity index (χ1v) is 3.34. The molecule has 0 spiro atoms. The molecule has 1 rings (SSSR count). The Morgan fingerprint density at radius 1 is 1.33 bits per heavy atom. The Morgan fingerprint density at radius 3 is 2.50 bits per heavy atom. The van der Waals surface area contributed by atoms with Crippen LogP contribution in [-0.4, -0.2) is 20.3 Å². The molecule has 4 N–H and O–H groups in total. The van der Waals surface area contributed by atoms with Gasteiger partial charge in [0.1, 0.15) is 0 Å². The molecule has 0 aliphatic carbocycles. The molecule has 1 heterocycles. The van der Waals surface area contributed by atoms with Gasteiger partial charge in [-0.05, 0) is 0 Å². The molecule has 0 bridgehead atoms. The van der Waals surface area contributed by atoms with Crippen molar-refractivity contribution in [3.63, 3.8) is 0 Å². The third kappa shape index (κ3) is 1.32. The minimum absolute atomic E-state index is 0.0706. The number of aromatic hydroxyl groups is 1. The number of hydrogen-bond donors (Lipinski definition) is 4. The van der Waals surface area contributed by atoms with E-state index in [9.17, 15) is 4.79 Å². The van der Waals surface area contributed by atoms with Crippen LogP contribution < -0.4 is 5.56 Å². The van der Waals surface area contributed by atoms with E-state index in [1.54, 1.807) is 0 Å². The van der Waals surface area contributed by atoms with E-state index in [0.717, 1.165) is 0 Å². The minimum atomic E-state index is -0.670. The van der Waals surface area contributed by atoms with Crippen LogP contribution in [0.3, 0.4) is 0 Å². The van der Waals surface area contributed by atoms with E-state index >= 15 is 0 Å². The molecule has 1 aromatic heterocycles. The maximum Gasteiger partial charge on any atom is 0.290 e. The normalized spacial score (nSPS) is 10.2. The largest absolute Gasteiger partial charge is 0.503 e. The van der Waals surface area contributed by atoms with Crippen LogP contribution in [0.4, 0.5) is 0 Å². The maximum atomic E-state index is 10.8. The van der Waals surface area contributed by atoms with Gasteiger partial charge in [0, 0.05) is 17.3 Å². The van der Waals surface area contributed by atoms with Gasteiger partial charge in [-0.1, -0.05) is 0 Å². The van der Waals surface area contributed by atoms with Crippen molar-refractivity contribution in [2.75, 3.05) is 0 Å². The van der Waals surface area contributed by atoms with Crippen molar-refractivity contribution in [2.24, 2.45) is 0 Å². The molecule has 5 nitrogen and oxygen atoms in total. The number of H-pyrrole nitrogens is 1. The standard InChI is InChI=1S/C7H9NO4/c9-2-4-1-8-7(12)6(11)5(4)3-10/h1,9-11H,2-3H2,(H,8,12). The fourth-order valence-electron chi connectivity index (χ4n) is 0.915. The second kappa shape index (κ2) is 3.38. The van der Waals surface area contributed by atoms with Crippen LogP contribution in [0.15, 0.2) is 11.0 Å². The molecule has 0 aromatic carbocycles. The van der Waals surface area contributed by atoms with Gasteiger partial charge in [-0.2, -0.15) is 0 Å². The van der Waals surface area contributed by atoms with E-state index in [1.165, 1.54) is 6.20 Å². The Labute approximate surface area is 67.9 Å². The number of pyridine rings is 1. The Morgan fingerprint density at radius 2 is 2.00 bits per heavy atom. The van der Waals surface area contributed by atoms with Gasteiger partial charge in [-0.25, -0.2) is 0 Å². The number of aliphatic hydroxyl groups excluding tert-OH is 2. The number of hydrogen-bond acceptors (Lipinski definition) is 4. The third-order valence-corrected chi connectivity index (χ3v) is 1.59. The predicted octanol–water partition coefficient (Wildman–Crippen LogP) is -0.935. The van der Waals surface area contributed by atoms with Crippen LogP contribution in [0.1, 0.15) is 11.1 Å². The number of aliphatic hydroxyl groups is 2. The Kier molecular flexibility index (Phi) is 2.47. The summed E-state index contributed by atoms with van der Waals surface area (Å²) in [7, 11) is 0. The molecule has 0 amide bonds. The van der Waals surface area contributed by atoms with Crippen molar-refractivity contribution in [3.8, 4) is 5.75 Å². The van der Waals surface area contributed by atoms with Crippen molar-refractivity contribution >= 4 is 0 Å². The first kappa shape index (κ1) is 8.76. The lowest BCUT2D eigenvalue weighted by Gasteiger charge is -2.04. The zero-order valence-corrected chi connectivity index (χ0v) is 6.24. The van der Waals surface area contributed by atoms with Crippen LogP contribution >= 0.6 is 0 Å². The fourth-order valence-corrected chi connectivity index (χ4v) is 0.915. The van der Waals surface area contributed by atoms with Crippen molar-refractivity contribution in [3.05, 3.63) is 27.7 Å². The molecule has 0 saturated heterocycles. The number of nitrogens with one attached hydrogen (secondary N) is 1. The van der Waals surface area contributed by atoms with Gasteiger partial charge < -0.3 is 20.3 Å². The molecule has 5 heteroatoms. The fraction of sp³-hybridized carbons (Fsp3) is 0.286. The van der Waals surface area contributed by atoms with E-state index in [1.807, 2.05) is 0 Å². The van der Waals surface area contributed by atoms with Crippen LogP contribution in [0.25, 0.3) is 0 Å². The van der Waals surface area contributed by atoms with Crippen molar-refractivity contribution in [1.82, 2.24) is 4.98 Å². The second-order valence-electron chi connectivity index (χ2n) is 2.29. The van der Waals surface area contributed by atoms with E-state index in [0.29, 0.717) is 5.56 Å². The highest BCUT2D eigenvalue weighted by atomic mass is 16.3. The molecule has 0 aliphatic heterocycles. The van der Waals surface area contributed by atoms with E-state index < -0.39 is 17.9 Å². The van der Waals surface area contributed by atoms with E-state index in [-0.39, 0.29) is 12.2 Å². The van der Waals surface area contributed by atoms with Gasteiger partial charge in [0.15, 0.2) is 5.75 Å². The average Bonchev–Trinajstić information content (AvgIpc) is 2.09. The summed E-state index contributed by atoms with van der Waals surface area (Å²) in [6, 6.07) is 0. The molecule has 0 atom stereocenters. The lowest BCUT2D eigenvalue weighted by Crippen LogP contribution is -2.10. The third-order valence-electron chi connectivity index (χ3n) is 1.59. The second-order valence-corrected chi connectivity index (χ2v) is 2.29. The monoisotopic (exact) mass is 171 g/mol. The summed E-state index contributed by atoms with van der Waals surface area (Å²) in [5.41, 5.74) is -0.285. The number of rotatable bonds is 2. The molecule has 66 valence electrons. The van der Waals surface area contributed by atoms with Crippen molar-refractivity contribution < 1.29 is 15.3 Å². The molecular formula is C7H9NO4. The van der Waals surface area contributed by atoms with Gasteiger partial charge in [-0.15, -0.1) is 0 Å². The van der Waals surface area contributed by atoms with Gasteiger partial charge in [0.2, 0.25) is 0 Å². The van der Waals surface area contributed by atoms with Gasteiger partial charge in [0.25, 0.3) is 5.56 Å². The molecular weight excluding hydrogens is 162 g/mol. The summed E-state index contributed by atoms with van der Waals surface area (Å²) in [5, 5.41) is 26.5. The smallest absolute Gasteiger partial charge is 0.290 e. The van der Waals surface area contributed by atoms with Crippen LogP contribution in [0.5, 0.6) is 5.75 Å². The lowest BCUT2D eigenvalue weighted by atomic mass is 10.1. The Balaban J connectivity index is 3.35. The maximum absolute atomic E-state index is 10.8. The highest BCUT2D eigenvalue weighted by molar-refractivity contribution is 5.34. The molecule has 0 saturated carbocycles. The van der Waals surface area contributed by atoms with Crippen LogP contribution in [0, 0.1) is 0 Å². The molecule has 1 aromatic rings. The van der Waals surface area contributed by atoms with E-state index in [2.05, 4.69) is 4.98 Å². The Bertz CT molecular complexity index is 331. The summed E-state index contributed by atoms with van der Waals surface area (Å²) >= 11 is 0. The van der Waals surface area contributed by atoms with Crippen molar-refractivity contribution in [2.45, 2.75) is 13.2 Å². The van der Waals surface area contributed by atoms with Crippen LogP contribution in [0.2, 0.25) is 0 Å². The highest BCUT2D eigenvalue weighted by Gasteiger charge is 2.09. The summed E-state index contributed by atoms with van der Waals surface area (Å²) < 4.78 is 0. The Hall–Kier alpha value is -1.33. The molecule has 0 radical (unpaired) electrons. The van der Waals surface area contributed by atoms with E-state index in [4.69, 9.17) is 15.3 Å². The summed E-state index contributed by atoms with van der Waals surface area (Å²) in [6.07, 6.45) is 1.26. The minimum Gasteiger partial charge on any atom is -0.503 e. The summed E-state index contributed by atoms with van der Waals surface area (Å²) in [6.45, 7) is -0.800. The SMILES string of the molecule is O=c1[nH]cc(CO)c(CO)c1O. The quantitative estimate of drug-likeness (QED) is 0.462.